The molecule has 4 nitrogen and oxygen atoms in total. The van der Waals surface area contributed by atoms with Gasteiger partial charge >= 0.3 is 0 Å². The van der Waals surface area contributed by atoms with Crippen molar-refractivity contribution in [2.75, 3.05) is 26.2 Å². The lowest BCUT2D eigenvalue weighted by atomic mass is 9.99. The molecule has 2 fully saturated rings. The highest BCUT2D eigenvalue weighted by molar-refractivity contribution is 5.82. The molecule has 0 spiro atoms. The van der Waals surface area contributed by atoms with Crippen LogP contribution in [0.5, 0.6) is 0 Å². The van der Waals surface area contributed by atoms with Crippen LogP contribution in [0.2, 0.25) is 0 Å². The number of nitrogens with one attached hydrogen (secondary N) is 1. The Morgan fingerprint density at radius 1 is 1.08 bits per heavy atom. The number of hydrogen-bond donors (Lipinski definition) is 1. The number of benzene rings is 1. The summed E-state index contributed by atoms with van der Waals surface area (Å²) in [7, 11) is 0. The van der Waals surface area contributed by atoms with Crippen LogP contribution < -0.4 is 5.32 Å². The number of amides is 1. The predicted octanol–water partition coefficient (Wildman–Crippen LogP) is 2.89. The van der Waals surface area contributed by atoms with Gasteiger partial charge in [-0.25, -0.2) is 0 Å². The Labute approximate surface area is 152 Å². The van der Waals surface area contributed by atoms with Crippen molar-refractivity contribution in [1.29, 1.82) is 0 Å². The number of hydrogen-bond acceptors (Lipinski definition) is 3. The molecule has 1 atom stereocenters. The third kappa shape index (κ3) is 5.05. The third-order valence-electron chi connectivity index (χ3n) is 5.62. The number of carbonyl (C=O) groups is 1. The van der Waals surface area contributed by atoms with Gasteiger partial charge in [-0.2, -0.15) is 0 Å². The summed E-state index contributed by atoms with van der Waals surface area (Å²) in [6, 6.07) is 11.0. The minimum atomic E-state index is 0.0462. The van der Waals surface area contributed by atoms with Crippen molar-refractivity contribution in [2.45, 2.75) is 58.2 Å². The van der Waals surface area contributed by atoms with E-state index in [-0.39, 0.29) is 11.9 Å². The monoisotopic (exact) mass is 343 g/mol. The zero-order chi connectivity index (χ0) is 17.6. The minimum Gasteiger partial charge on any atom is -0.352 e. The lowest BCUT2D eigenvalue weighted by Crippen LogP contribution is -2.53. The van der Waals surface area contributed by atoms with E-state index in [1.807, 2.05) is 0 Å². The van der Waals surface area contributed by atoms with Crippen LogP contribution in [-0.2, 0) is 11.3 Å². The molecule has 0 aromatic heterocycles. The molecule has 1 amide bonds. The molecule has 2 aliphatic heterocycles. The average molecular weight is 344 g/mol. The van der Waals surface area contributed by atoms with Gasteiger partial charge in [-0.15, -0.1) is 0 Å². The summed E-state index contributed by atoms with van der Waals surface area (Å²) in [4.78, 5) is 17.7. The molecule has 2 heterocycles. The summed E-state index contributed by atoms with van der Waals surface area (Å²) < 4.78 is 0. The molecule has 138 valence electrons. The summed E-state index contributed by atoms with van der Waals surface area (Å²) in [6.07, 6.45) is 4.58. The number of piperidine rings is 1. The Balaban J connectivity index is 1.47. The molecule has 25 heavy (non-hydrogen) atoms. The molecule has 0 aliphatic carbocycles. The van der Waals surface area contributed by atoms with Crippen LogP contribution in [0.15, 0.2) is 30.3 Å². The van der Waals surface area contributed by atoms with Crippen molar-refractivity contribution in [1.82, 2.24) is 15.1 Å². The van der Waals surface area contributed by atoms with Gasteiger partial charge in [0.15, 0.2) is 0 Å². The minimum absolute atomic E-state index is 0.0462. The fourth-order valence-corrected chi connectivity index (χ4v) is 4.27. The smallest absolute Gasteiger partial charge is 0.237 e. The van der Waals surface area contributed by atoms with Crippen molar-refractivity contribution in [3.63, 3.8) is 0 Å². The predicted molar refractivity (Wildman–Crippen MR) is 102 cm³/mol. The molecule has 1 N–H and O–H groups in total. The summed E-state index contributed by atoms with van der Waals surface area (Å²) >= 11 is 0. The Morgan fingerprint density at radius 2 is 1.72 bits per heavy atom. The van der Waals surface area contributed by atoms with Gasteiger partial charge in [-0.1, -0.05) is 44.2 Å². The third-order valence-corrected chi connectivity index (χ3v) is 5.62. The van der Waals surface area contributed by atoms with E-state index in [0.717, 1.165) is 45.6 Å². The zero-order valence-electron chi connectivity index (χ0n) is 15.8. The van der Waals surface area contributed by atoms with E-state index in [1.165, 1.54) is 18.4 Å². The van der Waals surface area contributed by atoms with Crippen molar-refractivity contribution >= 4 is 5.91 Å². The van der Waals surface area contributed by atoms with E-state index in [4.69, 9.17) is 0 Å². The van der Waals surface area contributed by atoms with E-state index >= 15 is 0 Å². The number of rotatable bonds is 6. The highest BCUT2D eigenvalue weighted by Crippen LogP contribution is 2.19. The standard InChI is InChI=1S/C21H33N3O/c1-17(2)20(24-12-6-7-13-24)21(25)22-19-10-14-23(15-11-19)16-18-8-4-3-5-9-18/h3-5,8-9,17,19-20H,6-7,10-16H2,1-2H3,(H,22,25)/t20-/m1/s1. The van der Waals surface area contributed by atoms with E-state index < -0.39 is 0 Å². The highest BCUT2D eigenvalue weighted by atomic mass is 16.2. The fraction of sp³-hybridized carbons (Fsp3) is 0.667. The topological polar surface area (TPSA) is 35.6 Å². The molecular formula is C21H33N3O. The molecule has 3 rings (SSSR count). The van der Waals surface area contributed by atoms with Crippen molar-refractivity contribution in [2.24, 2.45) is 5.92 Å². The van der Waals surface area contributed by atoms with Gasteiger partial charge in [0.05, 0.1) is 6.04 Å². The van der Waals surface area contributed by atoms with Crippen LogP contribution >= 0.6 is 0 Å². The molecule has 0 radical (unpaired) electrons. The molecule has 2 saturated heterocycles. The lowest BCUT2D eigenvalue weighted by molar-refractivity contribution is -0.128. The van der Waals surface area contributed by atoms with Gasteiger partial charge in [0.25, 0.3) is 0 Å². The molecule has 1 aromatic carbocycles. The Morgan fingerprint density at radius 3 is 2.32 bits per heavy atom. The molecular weight excluding hydrogens is 310 g/mol. The van der Waals surface area contributed by atoms with E-state index in [1.54, 1.807) is 0 Å². The van der Waals surface area contributed by atoms with Gasteiger partial charge in [0.2, 0.25) is 5.91 Å². The second-order valence-electron chi connectivity index (χ2n) is 7.98. The maximum absolute atomic E-state index is 12.8. The maximum atomic E-state index is 12.8. The first-order valence-electron chi connectivity index (χ1n) is 9.94. The molecule has 0 bridgehead atoms. The molecule has 0 saturated carbocycles. The van der Waals surface area contributed by atoms with Crippen LogP contribution in [0.3, 0.4) is 0 Å². The summed E-state index contributed by atoms with van der Waals surface area (Å²) in [5, 5.41) is 3.35. The summed E-state index contributed by atoms with van der Waals surface area (Å²) in [5.41, 5.74) is 1.37. The van der Waals surface area contributed by atoms with Crippen molar-refractivity contribution in [3.8, 4) is 0 Å². The van der Waals surface area contributed by atoms with E-state index in [0.29, 0.717) is 12.0 Å². The first-order chi connectivity index (χ1) is 12.1. The highest BCUT2D eigenvalue weighted by Gasteiger charge is 2.32. The lowest BCUT2D eigenvalue weighted by Gasteiger charge is -2.35. The Hall–Kier alpha value is -1.39. The quantitative estimate of drug-likeness (QED) is 0.863. The maximum Gasteiger partial charge on any atom is 0.237 e. The second kappa shape index (κ2) is 8.81. The van der Waals surface area contributed by atoms with Crippen molar-refractivity contribution in [3.05, 3.63) is 35.9 Å². The fourth-order valence-electron chi connectivity index (χ4n) is 4.27. The Bertz CT molecular complexity index is 531. The van der Waals surface area contributed by atoms with Gasteiger partial charge in [0.1, 0.15) is 0 Å². The van der Waals surface area contributed by atoms with Crippen LogP contribution in [0.25, 0.3) is 0 Å². The molecule has 0 unspecified atom stereocenters. The Kier molecular flexibility index (Phi) is 6.49. The van der Waals surface area contributed by atoms with Gasteiger partial charge in [0, 0.05) is 25.7 Å². The van der Waals surface area contributed by atoms with Crippen LogP contribution in [0, 0.1) is 5.92 Å². The van der Waals surface area contributed by atoms with E-state index in [2.05, 4.69) is 59.3 Å². The van der Waals surface area contributed by atoms with Crippen molar-refractivity contribution < 1.29 is 4.79 Å². The second-order valence-corrected chi connectivity index (χ2v) is 7.98. The molecule has 4 heteroatoms. The van der Waals surface area contributed by atoms with Gasteiger partial charge < -0.3 is 5.32 Å². The SMILES string of the molecule is CC(C)[C@H](C(=O)NC1CCN(Cc2ccccc2)CC1)N1CCCC1. The van der Waals surface area contributed by atoms with Crippen LogP contribution in [-0.4, -0.2) is 54.0 Å². The first kappa shape index (κ1) is 18.4. The van der Waals surface area contributed by atoms with Gasteiger partial charge in [-0.05, 0) is 50.3 Å². The first-order valence-corrected chi connectivity index (χ1v) is 9.94. The van der Waals surface area contributed by atoms with Crippen LogP contribution in [0.1, 0.15) is 45.1 Å². The average Bonchev–Trinajstić information content (AvgIpc) is 3.11. The normalized spacial score (nSPS) is 21.6. The summed E-state index contributed by atoms with van der Waals surface area (Å²) in [6.45, 7) is 9.64. The zero-order valence-corrected chi connectivity index (χ0v) is 15.8. The van der Waals surface area contributed by atoms with E-state index in [9.17, 15) is 4.79 Å². The number of carbonyl (C=O) groups excluding carboxylic acids is 1. The molecule has 2 aliphatic rings. The molecule has 1 aromatic rings. The largest absolute Gasteiger partial charge is 0.352 e. The van der Waals surface area contributed by atoms with Crippen LogP contribution in [0.4, 0.5) is 0 Å². The van der Waals surface area contributed by atoms with Gasteiger partial charge in [-0.3, -0.25) is 14.6 Å². The number of likely N-dealkylation sites (tertiary alicyclic amines) is 2. The summed E-state index contributed by atoms with van der Waals surface area (Å²) in [5.74, 6) is 0.620. The number of nitrogens with zero attached hydrogens (tertiary/aromatic N) is 2.